The second kappa shape index (κ2) is 11.2. The molecule has 0 aliphatic carbocycles. The minimum atomic E-state index is -2.60. The summed E-state index contributed by atoms with van der Waals surface area (Å²) < 4.78 is 30.8. The summed E-state index contributed by atoms with van der Waals surface area (Å²) in [7, 11) is -1.12. The maximum atomic E-state index is 13.1. The molecule has 0 radical (unpaired) electrons. The molecule has 1 aliphatic rings. The number of nitrogens with one attached hydrogen (secondary N) is 1. The largest absolute Gasteiger partial charge is 0.493 e. The van der Waals surface area contributed by atoms with Gasteiger partial charge >= 0.3 is 0 Å². The van der Waals surface area contributed by atoms with Crippen molar-refractivity contribution in [1.29, 1.82) is 0 Å². The van der Waals surface area contributed by atoms with Crippen molar-refractivity contribution in [1.82, 2.24) is 0 Å². The SMILES string of the molecule is COc1cc(NC(=O)c2sc(-c3ccc(Cl)cc3)cc2CCl)ccc1OCC1(O)CCS(O)(O)CC1. The number of methoxy groups -OCH3 is 1. The molecule has 1 aromatic heterocycles. The van der Waals surface area contributed by atoms with Gasteiger partial charge in [0.1, 0.15) is 12.2 Å². The molecule has 0 bridgehead atoms. The molecule has 1 aliphatic heterocycles. The van der Waals surface area contributed by atoms with Gasteiger partial charge in [0.05, 0.1) is 12.0 Å². The fourth-order valence-electron chi connectivity index (χ4n) is 3.82. The van der Waals surface area contributed by atoms with E-state index in [2.05, 4.69) is 5.32 Å². The highest BCUT2D eigenvalue weighted by Crippen LogP contribution is 2.47. The van der Waals surface area contributed by atoms with Crippen LogP contribution in [0.2, 0.25) is 5.02 Å². The summed E-state index contributed by atoms with van der Waals surface area (Å²) in [5, 5.41) is 14.2. The average molecular weight is 573 g/mol. The topological polar surface area (TPSA) is 108 Å². The lowest BCUT2D eigenvalue weighted by Crippen LogP contribution is -2.42. The third-order valence-corrected chi connectivity index (χ3v) is 9.48. The predicted molar refractivity (Wildman–Crippen MR) is 148 cm³/mol. The van der Waals surface area contributed by atoms with Gasteiger partial charge in [-0.1, -0.05) is 23.7 Å². The van der Waals surface area contributed by atoms with E-state index in [1.165, 1.54) is 18.4 Å². The Morgan fingerprint density at radius 1 is 1.11 bits per heavy atom. The summed E-state index contributed by atoms with van der Waals surface area (Å²) in [6, 6.07) is 14.3. The van der Waals surface area contributed by atoms with Crippen molar-refractivity contribution in [2.75, 3.05) is 30.5 Å². The number of carbonyl (C=O) groups is 1. The molecular formula is C25H27Cl2NO6S2. The molecule has 0 saturated carbocycles. The molecule has 1 fully saturated rings. The highest BCUT2D eigenvalue weighted by atomic mass is 35.5. The van der Waals surface area contributed by atoms with E-state index in [0.717, 1.165) is 16.0 Å². The Balaban J connectivity index is 1.45. The van der Waals surface area contributed by atoms with Crippen molar-refractivity contribution in [2.45, 2.75) is 24.3 Å². The summed E-state index contributed by atoms with van der Waals surface area (Å²) in [5.74, 6) is 1.01. The molecule has 3 aromatic rings. The summed E-state index contributed by atoms with van der Waals surface area (Å²) in [6.45, 7) is -0.00760. The number of halogens is 2. The number of carbonyl (C=O) groups excluding carboxylic acids is 1. The summed E-state index contributed by atoms with van der Waals surface area (Å²) in [4.78, 5) is 14.5. The van der Waals surface area contributed by atoms with Gasteiger partial charge in [0.2, 0.25) is 0 Å². The minimum absolute atomic E-state index is 0.00760. The third kappa shape index (κ3) is 6.47. The van der Waals surface area contributed by atoms with Gasteiger partial charge in [0.15, 0.2) is 11.5 Å². The van der Waals surface area contributed by atoms with Crippen LogP contribution in [-0.4, -0.2) is 50.9 Å². The number of amides is 1. The average Bonchev–Trinajstić information content (AvgIpc) is 3.30. The van der Waals surface area contributed by atoms with Gasteiger partial charge in [-0.3, -0.25) is 13.9 Å². The van der Waals surface area contributed by atoms with Crippen LogP contribution < -0.4 is 14.8 Å². The quantitative estimate of drug-likeness (QED) is 0.223. The Labute approximate surface area is 225 Å². The van der Waals surface area contributed by atoms with Crippen LogP contribution in [0, 0.1) is 0 Å². The van der Waals surface area contributed by atoms with Crippen molar-refractivity contribution < 1.29 is 28.5 Å². The Kier molecular flexibility index (Phi) is 8.41. The van der Waals surface area contributed by atoms with Crippen LogP contribution >= 0.6 is 45.1 Å². The molecule has 7 nitrogen and oxygen atoms in total. The number of hydrogen-bond acceptors (Lipinski definition) is 7. The summed E-state index contributed by atoms with van der Waals surface area (Å²) in [5.41, 5.74) is 1.05. The molecule has 1 amide bonds. The van der Waals surface area contributed by atoms with Crippen molar-refractivity contribution in [2.24, 2.45) is 0 Å². The fraction of sp³-hybridized carbons (Fsp3) is 0.320. The Morgan fingerprint density at radius 3 is 2.44 bits per heavy atom. The molecular weight excluding hydrogens is 545 g/mol. The number of aliphatic hydroxyl groups is 1. The van der Waals surface area contributed by atoms with Crippen LogP contribution in [0.5, 0.6) is 11.5 Å². The fourth-order valence-corrected chi connectivity index (χ4v) is 6.93. The lowest BCUT2D eigenvalue weighted by molar-refractivity contribution is -0.0145. The van der Waals surface area contributed by atoms with Crippen molar-refractivity contribution >= 4 is 56.7 Å². The van der Waals surface area contributed by atoms with Crippen molar-refractivity contribution in [3.05, 3.63) is 64.0 Å². The number of benzene rings is 2. The Hall–Kier alpha value is -1.98. The van der Waals surface area contributed by atoms with Crippen LogP contribution in [0.25, 0.3) is 10.4 Å². The van der Waals surface area contributed by atoms with Crippen LogP contribution in [-0.2, 0) is 5.88 Å². The maximum Gasteiger partial charge on any atom is 0.266 e. The zero-order valence-electron chi connectivity index (χ0n) is 19.5. The van der Waals surface area contributed by atoms with Crippen molar-refractivity contribution in [3.8, 4) is 21.9 Å². The van der Waals surface area contributed by atoms with E-state index in [1.54, 1.807) is 30.3 Å². The third-order valence-electron chi connectivity index (χ3n) is 5.99. The van der Waals surface area contributed by atoms with E-state index < -0.39 is 16.2 Å². The first-order valence-corrected chi connectivity index (χ1v) is 14.8. The molecule has 11 heteroatoms. The maximum absolute atomic E-state index is 13.1. The van der Waals surface area contributed by atoms with Gasteiger partial charge in [-0.05, 0) is 54.3 Å². The second-order valence-corrected chi connectivity index (χ2v) is 12.8. The van der Waals surface area contributed by atoms with Gasteiger partial charge in [-0.25, -0.2) is 0 Å². The lowest BCUT2D eigenvalue weighted by atomic mass is 9.98. The predicted octanol–water partition coefficient (Wildman–Crippen LogP) is 6.72. The molecule has 1 saturated heterocycles. The molecule has 2 aromatic carbocycles. The van der Waals surface area contributed by atoms with Crippen LogP contribution in [0.1, 0.15) is 28.1 Å². The Bertz CT molecular complexity index is 1220. The molecule has 36 heavy (non-hydrogen) atoms. The number of thiophene rings is 1. The smallest absolute Gasteiger partial charge is 0.266 e. The molecule has 0 atom stereocenters. The van der Waals surface area contributed by atoms with Crippen LogP contribution in [0.3, 0.4) is 0 Å². The standard InChI is InChI=1S/C25H27Cl2NO6S2/c1-33-21-13-19(6-7-20(21)34-15-25(30)8-10-36(31,32)11-9-25)28-24(29)23-17(14-26)12-22(35-23)16-2-4-18(27)5-3-16/h2-7,12-13,30-32H,8-11,14-15H2,1H3,(H,28,29). The zero-order chi connectivity index (χ0) is 25.9. The normalized spacial score (nSPS) is 17.3. The zero-order valence-corrected chi connectivity index (χ0v) is 22.6. The number of rotatable bonds is 8. The summed E-state index contributed by atoms with van der Waals surface area (Å²) >= 11 is 13.5. The molecule has 0 unspecified atom stereocenters. The first-order chi connectivity index (χ1) is 17.1. The highest BCUT2D eigenvalue weighted by molar-refractivity contribution is 8.24. The molecule has 0 spiro atoms. The van der Waals surface area contributed by atoms with E-state index in [4.69, 9.17) is 32.7 Å². The Morgan fingerprint density at radius 2 is 1.81 bits per heavy atom. The van der Waals surface area contributed by atoms with E-state index >= 15 is 0 Å². The first kappa shape index (κ1) is 27.1. The van der Waals surface area contributed by atoms with Gasteiger partial charge in [0.25, 0.3) is 5.91 Å². The van der Waals surface area contributed by atoms with Gasteiger partial charge < -0.3 is 19.9 Å². The summed E-state index contributed by atoms with van der Waals surface area (Å²) in [6.07, 6.45) is 0.487. The van der Waals surface area contributed by atoms with Crippen LogP contribution in [0.4, 0.5) is 5.69 Å². The second-order valence-electron chi connectivity index (χ2n) is 8.65. The van der Waals surface area contributed by atoms with Gasteiger partial charge in [-0.15, -0.1) is 22.9 Å². The molecule has 2 heterocycles. The first-order valence-electron chi connectivity index (χ1n) is 11.1. The molecule has 4 rings (SSSR count). The number of anilines is 1. The van der Waals surface area contributed by atoms with E-state index in [0.29, 0.717) is 27.1 Å². The van der Waals surface area contributed by atoms with Gasteiger partial charge in [-0.2, -0.15) is 10.6 Å². The van der Waals surface area contributed by atoms with Gasteiger partial charge in [0, 0.05) is 39.0 Å². The van der Waals surface area contributed by atoms with E-state index in [-0.39, 0.29) is 42.7 Å². The monoisotopic (exact) mass is 571 g/mol. The minimum Gasteiger partial charge on any atom is -0.493 e. The number of ether oxygens (including phenoxy) is 2. The highest BCUT2D eigenvalue weighted by Gasteiger charge is 2.36. The lowest BCUT2D eigenvalue weighted by Gasteiger charge is -2.43. The van der Waals surface area contributed by atoms with Crippen molar-refractivity contribution in [3.63, 3.8) is 0 Å². The van der Waals surface area contributed by atoms with E-state index in [1.807, 2.05) is 18.2 Å². The van der Waals surface area contributed by atoms with Crippen LogP contribution in [0.15, 0.2) is 48.5 Å². The van der Waals surface area contributed by atoms with E-state index in [9.17, 15) is 19.0 Å². The molecule has 4 N–H and O–H groups in total. The molecule has 194 valence electrons. The number of hydrogen-bond donors (Lipinski definition) is 4. The number of alkyl halides is 1.